The standard InChI is InChI=1S/C11H17N3O5/c15-7-1-3-13(6-7)11(19)14-4-2-12-10(18)8(14)5-9(16)17/h7-8,15H,1-6H2,(H,12,18)(H,16,17). The zero-order valence-electron chi connectivity index (χ0n) is 10.4. The minimum absolute atomic E-state index is 0.233. The molecule has 2 aliphatic heterocycles. The van der Waals surface area contributed by atoms with Crippen LogP contribution in [0.25, 0.3) is 0 Å². The molecule has 19 heavy (non-hydrogen) atoms. The third-order valence-corrected chi connectivity index (χ3v) is 3.38. The van der Waals surface area contributed by atoms with Gasteiger partial charge in [0, 0.05) is 26.2 Å². The summed E-state index contributed by atoms with van der Waals surface area (Å²) in [5, 5.41) is 20.8. The SMILES string of the molecule is O=C(O)CC1C(=O)NCCN1C(=O)N1CCC(O)C1. The molecule has 0 radical (unpaired) electrons. The van der Waals surface area contributed by atoms with E-state index >= 15 is 0 Å². The second-order valence-corrected chi connectivity index (χ2v) is 4.77. The summed E-state index contributed by atoms with van der Waals surface area (Å²) in [4.78, 5) is 37.5. The van der Waals surface area contributed by atoms with Crippen molar-refractivity contribution in [3.63, 3.8) is 0 Å². The van der Waals surface area contributed by atoms with Crippen LogP contribution in [-0.2, 0) is 9.59 Å². The lowest BCUT2D eigenvalue weighted by atomic mass is 10.1. The molecule has 2 aliphatic rings. The summed E-state index contributed by atoms with van der Waals surface area (Å²) in [6.07, 6.45) is -0.441. The Kier molecular flexibility index (Phi) is 3.89. The van der Waals surface area contributed by atoms with E-state index in [-0.39, 0.29) is 19.1 Å². The first-order valence-corrected chi connectivity index (χ1v) is 6.22. The van der Waals surface area contributed by atoms with Gasteiger partial charge in [0.2, 0.25) is 5.91 Å². The van der Waals surface area contributed by atoms with Gasteiger partial charge in [-0.05, 0) is 6.42 Å². The molecule has 3 amide bonds. The van der Waals surface area contributed by atoms with Gasteiger partial charge in [0.1, 0.15) is 6.04 Å². The molecule has 0 spiro atoms. The summed E-state index contributed by atoms with van der Waals surface area (Å²) in [5.74, 6) is -1.57. The van der Waals surface area contributed by atoms with Crippen LogP contribution in [0.15, 0.2) is 0 Å². The van der Waals surface area contributed by atoms with Crippen molar-refractivity contribution < 1.29 is 24.6 Å². The summed E-state index contributed by atoms with van der Waals surface area (Å²) in [5.41, 5.74) is 0. The molecule has 106 valence electrons. The number of aliphatic carboxylic acids is 1. The van der Waals surface area contributed by atoms with Crippen LogP contribution in [-0.4, -0.2) is 76.2 Å². The fourth-order valence-corrected chi connectivity index (χ4v) is 2.41. The molecule has 2 rings (SSSR count). The monoisotopic (exact) mass is 271 g/mol. The van der Waals surface area contributed by atoms with Crippen LogP contribution in [0.5, 0.6) is 0 Å². The van der Waals surface area contributed by atoms with Crippen molar-refractivity contribution in [2.24, 2.45) is 0 Å². The highest BCUT2D eigenvalue weighted by Gasteiger charge is 2.38. The topological polar surface area (TPSA) is 110 Å². The van der Waals surface area contributed by atoms with Gasteiger partial charge < -0.3 is 25.3 Å². The number of likely N-dealkylation sites (tertiary alicyclic amines) is 1. The Morgan fingerprint density at radius 2 is 2.11 bits per heavy atom. The van der Waals surface area contributed by atoms with Crippen molar-refractivity contribution in [2.75, 3.05) is 26.2 Å². The normalized spacial score (nSPS) is 27.3. The van der Waals surface area contributed by atoms with Gasteiger partial charge >= 0.3 is 12.0 Å². The quantitative estimate of drug-likeness (QED) is 0.563. The van der Waals surface area contributed by atoms with Crippen molar-refractivity contribution in [1.82, 2.24) is 15.1 Å². The van der Waals surface area contributed by atoms with E-state index in [0.717, 1.165) is 0 Å². The van der Waals surface area contributed by atoms with E-state index < -0.39 is 30.4 Å². The molecular formula is C11H17N3O5. The van der Waals surface area contributed by atoms with Crippen molar-refractivity contribution in [3.05, 3.63) is 0 Å². The number of aliphatic hydroxyl groups excluding tert-OH is 1. The first-order chi connectivity index (χ1) is 8.99. The molecule has 0 aromatic rings. The van der Waals surface area contributed by atoms with E-state index in [4.69, 9.17) is 5.11 Å². The number of urea groups is 1. The van der Waals surface area contributed by atoms with Gasteiger partial charge in [-0.3, -0.25) is 9.59 Å². The molecule has 8 heteroatoms. The minimum Gasteiger partial charge on any atom is -0.481 e. The van der Waals surface area contributed by atoms with Gasteiger partial charge in [0.15, 0.2) is 0 Å². The van der Waals surface area contributed by atoms with Crippen molar-refractivity contribution >= 4 is 17.9 Å². The average Bonchev–Trinajstić information content (AvgIpc) is 2.77. The molecule has 2 atom stereocenters. The number of nitrogens with one attached hydrogen (secondary N) is 1. The molecular weight excluding hydrogens is 254 g/mol. The van der Waals surface area contributed by atoms with Crippen LogP contribution < -0.4 is 5.32 Å². The second kappa shape index (κ2) is 5.43. The lowest BCUT2D eigenvalue weighted by Crippen LogP contribution is -2.60. The van der Waals surface area contributed by atoms with E-state index in [0.29, 0.717) is 19.5 Å². The van der Waals surface area contributed by atoms with Crippen molar-refractivity contribution in [2.45, 2.75) is 25.0 Å². The number of carbonyl (C=O) groups excluding carboxylic acids is 2. The average molecular weight is 271 g/mol. The lowest BCUT2D eigenvalue weighted by molar-refractivity contribution is -0.142. The fourth-order valence-electron chi connectivity index (χ4n) is 2.41. The molecule has 0 aromatic heterocycles. The molecule has 0 saturated carbocycles. The number of hydrogen-bond acceptors (Lipinski definition) is 4. The third kappa shape index (κ3) is 2.95. The Labute approximate surface area is 110 Å². The predicted octanol–water partition coefficient (Wildman–Crippen LogP) is -1.55. The van der Waals surface area contributed by atoms with Crippen LogP contribution in [0.3, 0.4) is 0 Å². The van der Waals surface area contributed by atoms with E-state index in [1.807, 2.05) is 0 Å². The first kappa shape index (κ1) is 13.6. The van der Waals surface area contributed by atoms with Gasteiger partial charge in [0.25, 0.3) is 0 Å². The van der Waals surface area contributed by atoms with Crippen molar-refractivity contribution in [1.29, 1.82) is 0 Å². The lowest BCUT2D eigenvalue weighted by Gasteiger charge is -2.36. The van der Waals surface area contributed by atoms with Crippen LogP contribution >= 0.6 is 0 Å². The number of carboxylic acid groups (broad SMARTS) is 1. The maximum Gasteiger partial charge on any atom is 0.320 e. The van der Waals surface area contributed by atoms with Crippen molar-refractivity contribution in [3.8, 4) is 0 Å². The molecule has 0 aliphatic carbocycles. The molecule has 2 fully saturated rings. The molecule has 2 unspecified atom stereocenters. The van der Waals surface area contributed by atoms with Crippen LogP contribution in [0.1, 0.15) is 12.8 Å². The summed E-state index contributed by atoms with van der Waals surface area (Å²) in [7, 11) is 0. The first-order valence-electron chi connectivity index (χ1n) is 6.22. The number of carbonyl (C=O) groups is 3. The Bertz CT molecular complexity index is 400. The third-order valence-electron chi connectivity index (χ3n) is 3.38. The van der Waals surface area contributed by atoms with E-state index in [1.54, 1.807) is 0 Å². The molecule has 0 aromatic carbocycles. The minimum atomic E-state index is -1.12. The number of amides is 3. The molecule has 8 nitrogen and oxygen atoms in total. The van der Waals surface area contributed by atoms with E-state index in [9.17, 15) is 19.5 Å². The van der Waals surface area contributed by atoms with Crippen LogP contribution in [0.4, 0.5) is 4.79 Å². The molecule has 3 N–H and O–H groups in total. The number of hydrogen-bond donors (Lipinski definition) is 3. The predicted molar refractivity (Wildman–Crippen MR) is 63.3 cm³/mol. The number of carboxylic acids is 1. The largest absolute Gasteiger partial charge is 0.481 e. The highest BCUT2D eigenvalue weighted by molar-refractivity contribution is 5.91. The number of piperazine rings is 1. The van der Waals surface area contributed by atoms with Crippen LogP contribution in [0.2, 0.25) is 0 Å². The Hall–Kier alpha value is -1.83. The van der Waals surface area contributed by atoms with E-state index in [1.165, 1.54) is 9.80 Å². The fraction of sp³-hybridized carbons (Fsp3) is 0.727. The van der Waals surface area contributed by atoms with Gasteiger partial charge in [-0.2, -0.15) is 0 Å². The number of nitrogens with zero attached hydrogens (tertiary/aromatic N) is 2. The number of β-amino-alcohol motifs (C(OH)–C–C–N with tert-alkyl or cyclic N) is 1. The molecule has 2 heterocycles. The van der Waals surface area contributed by atoms with Gasteiger partial charge in [-0.15, -0.1) is 0 Å². The molecule has 2 saturated heterocycles. The Morgan fingerprint density at radius 3 is 2.68 bits per heavy atom. The number of rotatable bonds is 2. The highest BCUT2D eigenvalue weighted by Crippen LogP contribution is 2.16. The molecule has 0 bridgehead atoms. The van der Waals surface area contributed by atoms with Gasteiger partial charge in [-0.1, -0.05) is 0 Å². The van der Waals surface area contributed by atoms with Crippen LogP contribution in [0, 0.1) is 0 Å². The maximum absolute atomic E-state index is 12.3. The Balaban J connectivity index is 2.08. The van der Waals surface area contributed by atoms with Gasteiger partial charge in [0.05, 0.1) is 12.5 Å². The summed E-state index contributed by atoms with van der Waals surface area (Å²) in [6.45, 7) is 1.26. The second-order valence-electron chi connectivity index (χ2n) is 4.77. The smallest absolute Gasteiger partial charge is 0.320 e. The highest BCUT2D eigenvalue weighted by atomic mass is 16.4. The summed E-state index contributed by atoms with van der Waals surface area (Å²) < 4.78 is 0. The van der Waals surface area contributed by atoms with E-state index in [2.05, 4.69) is 5.32 Å². The maximum atomic E-state index is 12.3. The van der Waals surface area contributed by atoms with Gasteiger partial charge in [-0.25, -0.2) is 4.79 Å². The summed E-state index contributed by atoms with van der Waals surface area (Å²) >= 11 is 0. The zero-order valence-corrected chi connectivity index (χ0v) is 10.4. The zero-order chi connectivity index (χ0) is 14.0. The Morgan fingerprint density at radius 1 is 1.37 bits per heavy atom. The summed E-state index contributed by atoms with van der Waals surface area (Å²) in [6, 6.07) is -1.35. The number of aliphatic hydroxyl groups is 1.